The first-order valence-electron chi connectivity index (χ1n) is 5.04. The zero-order valence-corrected chi connectivity index (χ0v) is 8.39. The van der Waals surface area contributed by atoms with Gasteiger partial charge in [0.25, 0.3) is 0 Å². The van der Waals surface area contributed by atoms with Crippen LogP contribution in [-0.4, -0.2) is 11.8 Å². The van der Waals surface area contributed by atoms with E-state index in [-0.39, 0.29) is 0 Å². The second-order valence-corrected chi connectivity index (χ2v) is 4.96. The molecule has 1 aromatic rings. The largest absolute Gasteiger partial charge is 0.285 e. The molecule has 0 amide bonds. The summed E-state index contributed by atoms with van der Waals surface area (Å²) in [5.41, 5.74) is 1.38. The van der Waals surface area contributed by atoms with Crippen LogP contribution >= 0.6 is 11.3 Å². The SMILES string of the molecule is c1csc(C2=N[C@@H]3CCC[C@@H]3C2)c1. The topological polar surface area (TPSA) is 12.4 Å². The second kappa shape index (κ2) is 2.95. The Hall–Kier alpha value is -0.630. The van der Waals surface area contributed by atoms with Crippen molar-refractivity contribution in [2.75, 3.05) is 0 Å². The Morgan fingerprint density at radius 3 is 3.15 bits per heavy atom. The highest BCUT2D eigenvalue weighted by Gasteiger charge is 2.33. The maximum absolute atomic E-state index is 4.82. The Bertz CT molecular complexity index is 326. The van der Waals surface area contributed by atoms with Crippen LogP contribution in [0.4, 0.5) is 0 Å². The van der Waals surface area contributed by atoms with Crippen molar-refractivity contribution in [1.82, 2.24) is 0 Å². The fourth-order valence-corrected chi connectivity index (χ4v) is 3.27. The average molecular weight is 191 g/mol. The molecule has 13 heavy (non-hydrogen) atoms. The van der Waals surface area contributed by atoms with Crippen molar-refractivity contribution in [3.63, 3.8) is 0 Å². The van der Waals surface area contributed by atoms with Crippen molar-refractivity contribution >= 4 is 17.0 Å². The van der Waals surface area contributed by atoms with Gasteiger partial charge in [0.2, 0.25) is 0 Å². The fourth-order valence-electron chi connectivity index (χ4n) is 2.53. The summed E-state index contributed by atoms with van der Waals surface area (Å²) in [6.07, 6.45) is 5.38. The third-order valence-corrected chi connectivity index (χ3v) is 4.12. The first kappa shape index (κ1) is 7.74. The van der Waals surface area contributed by atoms with Crippen LogP contribution in [0.1, 0.15) is 30.6 Å². The zero-order chi connectivity index (χ0) is 8.67. The molecule has 0 aromatic carbocycles. The minimum atomic E-state index is 0.678. The smallest absolute Gasteiger partial charge is 0.0535 e. The molecule has 0 unspecified atom stereocenters. The third kappa shape index (κ3) is 1.24. The number of aliphatic imine (C=N–C) groups is 1. The molecule has 1 saturated carbocycles. The van der Waals surface area contributed by atoms with Crippen molar-refractivity contribution in [3.8, 4) is 0 Å². The van der Waals surface area contributed by atoms with Crippen molar-refractivity contribution in [2.24, 2.45) is 10.9 Å². The Labute approximate surface area is 82.5 Å². The summed E-state index contributed by atoms with van der Waals surface area (Å²) in [6.45, 7) is 0. The summed E-state index contributed by atoms with van der Waals surface area (Å²) in [6, 6.07) is 5.00. The second-order valence-electron chi connectivity index (χ2n) is 4.02. The van der Waals surface area contributed by atoms with E-state index >= 15 is 0 Å². The predicted octanol–water partition coefficient (Wildman–Crippen LogP) is 3.11. The van der Waals surface area contributed by atoms with Crippen LogP contribution in [0.15, 0.2) is 22.5 Å². The van der Waals surface area contributed by atoms with Crippen LogP contribution in [0.25, 0.3) is 0 Å². The van der Waals surface area contributed by atoms with Gasteiger partial charge in [-0.3, -0.25) is 4.99 Å². The number of rotatable bonds is 1. The number of thiophene rings is 1. The molecule has 1 aliphatic carbocycles. The van der Waals surface area contributed by atoms with Gasteiger partial charge in [-0.25, -0.2) is 0 Å². The highest BCUT2D eigenvalue weighted by Crippen LogP contribution is 2.37. The molecule has 0 radical (unpaired) electrons. The van der Waals surface area contributed by atoms with Gasteiger partial charge in [-0.1, -0.05) is 12.5 Å². The summed E-state index contributed by atoms with van der Waals surface area (Å²) < 4.78 is 0. The Morgan fingerprint density at radius 2 is 2.38 bits per heavy atom. The molecular weight excluding hydrogens is 178 g/mol. The molecule has 2 atom stereocenters. The molecule has 2 heteroatoms. The van der Waals surface area contributed by atoms with E-state index in [1.807, 2.05) is 11.3 Å². The summed E-state index contributed by atoms with van der Waals surface area (Å²) in [7, 11) is 0. The van der Waals surface area contributed by atoms with Crippen LogP contribution in [0.5, 0.6) is 0 Å². The molecule has 2 aliphatic rings. The lowest BCUT2D eigenvalue weighted by atomic mass is 10.0. The number of hydrogen-bond acceptors (Lipinski definition) is 2. The summed E-state index contributed by atoms with van der Waals surface area (Å²) in [5.74, 6) is 0.886. The lowest BCUT2D eigenvalue weighted by Gasteiger charge is -2.03. The van der Waals surface area contributed by atoms with E-state index in [0.717, 1.165) is 5.92 Å². The molecule has 1 aliphatic heterocycles. The molecule has 1 fully saturated rings. The van der Waals surface area contributed by atoms with Gasteiger partial charge in [-0.2, -0.15) is 0 Å². The molecule has 0 N–H and O–H groups in total. The maximum Gasteiger partial charge on any atom is 0.0535 e. The van der Waals surface area contributed by atoms with Gasteiger partial charge in [0.05, 0.1) is 11.8 Å². The molecular formula is C11H13NS. The van der Waals surface area contributed by atoms with Gasteiger partial charge in [-0.15, -0.1) is 11.3 Å². The van der Waals surface area contributed by atoms with E-state index in [4.69, 9.17) is 4.99 Å². The lowest BCUT2D eigenvalue weighted by molar-refractivity contribution is 0.536. The molecule has 1 nitrogen and oxygen atoms in total. The van der Waals surface area contributed by atoms with Crippen molar-refractivity contribution in [2.45, 2.75) is 31.7 Å². The van der Waals surface area contributed by atoms with E-state index in [1.165, 1.54) is 36.3 Å². The summed E-state index contributed by atoms with van der Waals surface area (Å²) in [4.78, 5) is 6.22. The lowest BCUT2D eigenvalue weighted by Crippen LogP contribution is -2.04. The third-order valence-electron chi connectivity index (χ3n) is 3.20. The number of hydrogen-bond donors (Lipinski definition) is 0. The first-order valence-corrected chi connectivity index (χ1v) is 5.92. The molecule has 0 bridgehead atoms. The molecule has 68 valence electrons. The quantitative estimate of drug-likeness (QED) is 0.646. The standard InChI is InChI=1S/C11H13NS/c1-3-8-7-10(12-9(8)4-1)11-5-2-6-13-11/h2,5-6,8-9H,1,3-4,7H2/t8-,9-/m1/s1. The van der Waals surface area contributed by atoms with E-state index in [2.05, 4.69) is 17.5 Å². The highest BCUT2D eigenvalue weighted by molar-refractivity contribution is 7.12. The molecule has 0 saturated heterocycles. The van der Waals surface area contributed by atoms with Gasteiger partial charge in [-0.05, 0) is 36.6 Å². The van der Waals surface area contributed by atoms with E-state index in [1.54, 1.807) is 0 Å². The van der Waals surface area contributed by atoms with Gasteiger partial charge >= 0.3 is 0 Å². The normalized spacial score (nSPS) is 31.8. The Balaban J connectivity index is 1.88. The summed E-state index contributed by atoms with van der Waals surface area (Å²) in [5, 5.41) is 2.14. The van der Waals surface area contributed by atoms with E-state index < -0.39 is 0 Å². The van der Waals surface area contributed by atoms with Gasteiger partial charge in [0, 0.05) is 4.88 Å². The van der Waals surface area contributed by atoms with Crippen molar-refractivity contribution in [1.29, 1.82) is 0 Å². The van der Waals surface area contributed by atoms with Crippen LogP contribution in [0.3, 0.4) is 0 Å². The first-order chi connectivity index (χ1) is 6.43. The van der Waals surface area contributed by atoms with E-state index in [0.29, 0.717) is 6.04 Å². The molecule has 2 heterocycles. The Morgan fingerprint density at radius 1 is 1.38 bits per heavy atom. The monoisotopic (exact) mass is 191 g/mol. The minimum Gasteiger partial charge on any atom is -0.285 e. The fraction of sp³-hybridized carbons (Fsp3) is 0.545. The number of nitrogens with zero attached hydrogens (tertiary/aromatic N) is 1. The Kier molecular flexibility index (Phi) is 1.76. The van der Waals surface area contributed by atoms with Crippen LogP contribution in [-0.2, 0) is 0 Å². The van der Waals surface area contributed by atoms with Crippen LogP contribution in [0.2, 0.25) is 0 Å². The highest BCUT2D eigenvalue weighted by atomic mass is 32.1. The predicted molar refractivity (Wildman–Crippen MR) is 56.6 cm³/mol. The maximum atomic E-state index is 4.82. The zero-order valence-electron chi connectivity index (χ0n) is 7.57. The van der Waals surface area contributed by atoms with Gasteiger partial charge < -0.3 is 0 Å². The van der Waals surface area contributed by atoms with E-state index in [9.17, 15) is 0 Å². The van der Waals surface area contributed by atoms with Crippen molar-refractivity contribution < 1.29 is 0 Å². The summed E-state index contributed by atoms with van der Waals surface area (Å²) >= 11 is 1.83. The van der Waals surface area contributed by atoms with Gasteiger partial charge in [0.15, 0.2) is 0 Å². The van der Waals surface area contributed by atoms with Crippen molar-refractivity contribution in [3.05, 3.63) is 22.4 Å². The van der Waals surface area contributed by atoms with Gasteiger partial charge in [0.1, 0.15) is 0 Å². The molecule has 3 rings (SSSR count). The molecule has 1 aromatic heterocycles. The average Bonchev–Trinajstić information content (AvgIpc) is 2.78. The number of fused-ring (bicyclic) bond motifs is 1. The molecule has 0 spiro atoms. The van der Waals surface area contributed by atoms with Crippen LogP contribution in [0, 0.1) is 5.92 Å². The minimum absolute atomic E-state index is 0.678. The van der Waals surface area contributed by atoms with Crippen LogP contribution < -0.4 is 0 Å².